The van der Waals surface area contributed by atoms with Gasteiger partial charge in [0.2, 0.25) is 5.95 Å². The number of nitrogens with zero attached hydrogens (tertiary/aromatic N) is 2. The molecule has 0 saturated heterocycles. The lowest BCUT2D eigenvalue weighted by atomic mass is 10.1. The second-order valence-corrected chi connectivity index (χ2v) is 4.09. The molecule has 90 valence electrons. The van der Waals surface area contributed by atoms with Crippen molar-refractivity contribution < 1.29 is 4.74 Å². The summed E-state index contributed by atoms with van der Waals surface area (Å²) in [4.78, 5) is 8.44. The van der Waals surface area contributed by atoms with Crippen molar-refractivity contribution in [2.24, 2.45) is 5.73 Å². The molecule has 0 fully saturated rings. The Kier molecular flexibility index (Phi) is 3.10. The lowest BCUT2D eigenvalue weighted by molar-refractivity contribution is 0.415. The quantitative estimate of drug-likeness (QED) is 0.827. The third kappa shape index (κ3) is 2.45. The SMILES string of the molecule is COc1ccc2nc(N)nc(CC(C)N)c2c1. The molecule has 2 aromatic rings. The number of benzene rings is 1. The average Bonchev–Trinajstić information content (AvgIpc) is 2.27. The molecule has 0 aliphatic rings. The number of ether oxygens (including phenoxy) is 1. The van der Waals surface area contributed by atoms with Crippen molar-refractivity contribution in [2.45, 2.75) is 19.4 Å². The molecule has 0 radical (unpaired) electrons. The predicted molar refractivity (Wildman–Crippen MR) is 67.9 cm³/mol. The number of hydrogen-bond donors (Lipinski definition) is 2. The second kappa shape index (κ2) is 4.55. The highest BCUT2D eigenvalue weighted by Crippen LogP contribution is 2.23. The number of nitrogens with two attached hydrogens (primary N) is 2. The van der Waals surface area contributed by atoms with E-state index in [2.05, 4.69) is 9.97 Å². The van der Waals surface area contributed by atoms with Crippen LogP contribution in [0.15, 0.2) is 18.2 Å². The number of methoxy groups -OCH3 is 1. The van der Waals surface area contributed by atoms with Gasteiger partial charge >= 0.3 is 0 Å². The van der Waals surface area contributed by atoms with E-state index >= 15 is 0 Å². The maximum absolute atomic E-state index is 5.80. The smallest absolute Gasteiger partial charge is 0.220 e. The molecule has 0 saturated carbocycles. The summed E-state index contributed by atoms with van der Waals surface area (Å²) in [6.07, 6.45) is 0.663. The van der Waals surface area contributed by atoms with Gasteiger partial charge in [-0.15, -0.1) is 0 Å². The van der Waals surface area contributed by atoms with Gasteiger partial charge < -0.3 is 16.2 Å². The van der Waals surface area contributed by atoms with E-state index in [4.69, 9.17) is 16.2 Å². The molecule has 0 spiro atoms. The molecule has 5 heteroatoms. The third-order valence-electron chi connectivity index (χ3n) is 2.51. The normalized spacial score (nSPS) is 12.6. The van der Waals surface area contributed by atoms with E-state index in [9.17, 15) is 0 Å². The molecular weight excluding hydrogens is 216 g/mol. The monoisotopic (exact) mass is 232 g/mol. The zero-order valence-electron chi connectivity index (χ0n) is 9.97. The Morgan fingerprint density at radius 3 is 2.76 bits per heavy atom. The molecule has 0 aliphatic carbocycles. The van der Waals surface area contributed by atoms with Crippen molar-refractivity contribution in [2.75, 3.05) is 12.8 Å². The first-order chi connectivity index (χ1) is 8.10. The highest BCUT2D eigenvalue weighted by atomic mass is 16.5. The van der Waals surface area contributed by atoms with Gasteiger partial charge in [-0.25, -0.2) is 9.97 Å². The number of anilines is 1. The molecule has 1 aromatic carbocycles. The van der Waals surface area contributed by atoms with Crippen molar-refractivity contribution >= 4 is 16.9 Å². The van der Waals surface area contributed by atoms with Crippen LogP contribution in [0.1, 0.15) is 12.6 Å². The van der Waals surface area contributed by atoms with Crippen LogP contribution in [0.2, 0.25) is 0 Å². The topological polar surface area (TPSA) is 87.0 Å². The molecular formula is C12H16N4O. The van der Waals surface area contributed by atoms with Crippen molar-refractivity contribution in [1.29, 1.82) is 0 Å². The maximum Gasteiger partial charge on any atom is 0.220 e. The van der Waals surface area contributed by atoms with Crippen molar-refractivity contribution in [3.05, 3.63) is 23.9 Å². The Morgan fingerprint density at radius 1 is 1.35 bits per heavy atom. The van der Waals surface area contributed by atoms with Gasteiger partial charge in [-0.2, -0.15) is 0 Å². The first-order valence-electron chi connectivity index (χ1n) is 5.46. The zero-order chi connectivity index (χ0) is 12.4. The summed E-state index contributed by atoms with van der Waals surface area (Å²) >= 11 is 0. The van der Waals surface area contributed by atoms with Gasteiger partial charge in [0.05, 0.1) is 18.3 Å². The van der Waals surface area contributed by atoms with Crippen LogP contribution in [0.3, 0.4) is 0 Å². The fourth-order valence-corrected chi connectivity index (χ4v) is 1.78. The molecule has 2 rings (SSSR count). The molecule has 17 heavy (non-hydrogen) atoms. The standard InChI is InChI=1S/C12H16N4O/c1-7(13)5-11-9-6-8(17-2)3-4-10(9)15-12(14)16-11/h3-4,6-7H,5,13H2,1-2H3,(H2,14,15,16). The van der Waals surface area contributed by atoms with Gasteiger partial charge in [0.1, 0.15) is 5.75 Å². The zero-order valence-corrected chi connectivity index (χ0v) is 9.97. The third-order valence-corrected chi connectivity index (χ3v) is 2.51. The van der Waals surface area contributed by atoms with Gasteiger partial charge in [-0.05, 0) is 25.1 Å². The molecule has 0 aliphatic heterocycles. The lowest BCUT2D eigenvalue weighted by Crippen LogP contribution is -2.19. The average molecular weight is 232 g/mol. The van der Waals surface area contributed by atoms with Crippen LogP contribution in [-0.4, -0.2) is 23.1 Å². The number of hydrogen-bond acceptors (Lipinski definition) is 5. The number of nitrogen functional groups attached to an aromatic ring is 1. The predicted octanol–water partition coefficient (Wildman–Crippen LogP) is 1.11. The van der Waals surface area contributed by atoms with Gasteiger partial charge in [0, 0.05) is 17.8 Å². The number of rotatable bonds is 3. The van der Waals surface area contributed by atoms with E-state index in [-0.39, 0.29) is 12.0 Å². The Bertz CT molecular complexity index is 539. The van der Waals surface area contributed by atoms with E-state index in [0.29, 0.717) is 6.42 Å². The number of aromatic nitrogens is 2. The minimum Gasteiger partial charge on any atom is -0.497 e. The molecule has 0 bridgehead atoms. The number of fused-ring (bicyclic) bond motifs is 1. The Balaban J connectivity index is 2.61. The van der Waals surface area contributed by atoms with Gasteiger partial charge in [0.25, 0.3) is 0 Å². The molecule has 4 N–H and O–H groups in total. The minimum absolute atomic E-state index is 0.0266. The van der Waals surface area contributed by atoms with E-state index in [0.717, 1.165) is 22.3 Å². The van der Waals surface area contributed by atoms with Crippen molar-refractivity contribution in [3.63, 3.8) is 0 Å². The van der Waals surface area contributed by atoms with Crippen LogP contribution >= 0.6 is 0 Å². The molecule has 1 atom stereocenters. The lowest BCUT2D eigenvalue weighted by Gasteiger charge is -2.10. The van der Waals surface area contributed by atoms with Crippen LogP contribution < -0.4 is 16.2 Å². The minimum atomic E-state index is 0.0266. The van der Waals surface area contributed by atoms with Gasteiger partial charge in [0.15, 0.2) is 0 Å². The molecule has 0 amide bonds. The van der Waals surface area contributed by atoms with E-state index in [1.165, 1.54) is 0 Å². The Morgan fingerprint density at radius 2 is 2.12 bits per heavy atom. The molecule has 1 unspecified atom stereocenters. The summed E-state index contributed by atoms with van der Waals surface area (Å²) in [7, 11) is 1.63. The Labute approximate surface area is 99.8 Å². The van der Waals surface area contributed by atoms with Crippen LogP contribution in [-0.2, 0) is 6.42 Å². The van der Waals surface area contributed by atoms with Gasteiger partial charge in [-0.3, -0.25) is 0 Å². The van der Waals surface area contributed by atoms with Crippen molar-refractivity contribution in [3.8, 4) is 5.75 Å². The largest absolute Gasteiger partial charge is 0.497 e. The summed E-state index contributed by atoms with van der Waals surface area (Å²) < 4.78 is 5.19. The van der Waals surface area contributed by atoms with Crippen LogP contribution in [0.4, 0.5) is 5.95 Å². The summed E-state index contributed by atoms with van der Waals surface area (Å²) in [6.45, 7) is 1.93. The fraction of sp³-hybridized carbons (Fsp3) is 0.333. The fourth-order valence-electron chi connectivity index (χ4n) is 1.78. The van der Waals surface area contributed by atoms with E-state index in [1.807, 2.05) is 25.1 Å². The summed E-state index contributed by atoms with van der Waals surface area (Å²) in [5.74, 6) is 1.05. The second-order valence-electron chi connectivity index (χ2n) is 4.09. The van der Waals surface area contributed by atoms with Crippen LogP contribution in [0.25, 0.3) is 10.9 Å². The van der Waals surface area contributed by atoms with Crippen molar-refractivity contribution in [1.82, 2.24) is 9.97 Å². The highest BCUT2D eigenvalue weighted by Gasteiger charge is 2.09. The van der Waals surface area contributed by atoms with E-state index in [1.54, 1.807) is 7.11 Å². The highest BCUT2D eigenvalue weighted by molar-refractivity contribution is 5.83. The molecule has 5 nitrogen and oxygen atoms in total. The first kappa shape index (κ1) is 11.6. The summed E-state index contributed by atoms with van der Waals surface area (Å²) in [5, 5.41) is 0.941. The molecule has 1 heterocycles. The Hall–Kier alpha value is -1.88. The van der Waals surface area contributed by atoms with E-state index < -0.39 is 0 Å². The molecule has 1 aromatic heterocycles. The van der Waals surface area contributed by atoms with Gasteiger partial charge in [-0.1, -0.05) is 0 Å². The van der Waals surface area contributed by atoms with Crippen LogP contribution in [0.5, 0.6) is 5.75 Å². The summed E-state index contributed by atoms with van der Waals surface area (Å²) in [6, 6.07) is 5.66. The summed E-state index contributed by atoms with van der Waals surface area (Å²) in [5.41, 5.74) is 13.2. The maximum atomic E-state index is 5.80. The van der Waals surface area contributed by atoms with Crippen LogP contribution in [0, 0.1) is 0 Å². The first-order valence-corrected chi connectivity index (χ1v) is 5.46.